The Morgan fingerprint density at radius 2 is 2.26 bits per heavy atom. The van der Waals surface area contributed by atoms with Crippen molar-refractivity contribution in [2.75, 3.05) is 6.61 Å². The van der Waals surface area contributed by atoms with Gasteiger partial charge in [-0.2, -0.15) is 5.10 Å². The third-order valence-electron chi connectivity index (χ3n) is 5.63. The molecule has 1 aliphatic carbocycles. The van der Waals surface area contributed by atoms with E-state index in [1.807, 2.05) is 31.2 Å². The average Bonchev–Trinajstić information content (AvgIpc) is 3.13. The van der Waals surface area contributed by atoms with E-state index in [4.69, 9.17) is 4.74 Å². The number of hydrogen-bond donors (Lipinski definition) is 1. The lowest BCUT2D eigenvalue weighted by Crippen LogP contribution is -2.34. The summed E-state index contributed by atoms with van der Waals surface area (Å²) in [7, 11) is 0. The molecule has 0 fully saturated rings. The number of para-hydroxylation sites is 1. The fraction of sp³-hybridized carbons (Fsp3) is 0.391. The first-order valence-electron chi connectivity index (χ1n) is 10.6. The van der Waals surface area contributed by atoms with E-state index in [1.54, 1.807) is 18.3 Å². The summed E-state index contributed by atoms with van der Waals surface area (Å²) < 4.78 is 6.95. The summed E-state index contributed by atoms with van der Waals surface area (Å²) in [6.07, 6.45) is 5.96. The molecular weight excluding hydrogens is 412 g/mol. The third-order valence-corrected chi connectivity index (χ3v) is 6.80. The molecule has 1 aromatic carbocycles. The highest BCUT2D eigenvalue weighted by Gasteiger charge is 2.25. The molecule has 0 saturated carbocycles. The molecule has 0 unspecified atom stereocenters. The highest BCUT2D eigenvalue weighted by Crippen LogP contribution is 2.35. The molecule has 4 rings (SSSR count). The van der Waals surface area contributed by atoms with Crippen LogP contribution in [0.15, 0.2) is 40.5 Å². The third kappa shape index (κ3) is 4.25. The number of nitrogens with one attached hydrogen (secondary N) is 1. The van der Waals surface area contributed by atoms with Gasteiger partial charge in [-0.05, 0) is 56.7 Å². The summed E-state index contributed by atoms with van der Waals surface area (Å²) in [4.78, 5) is 32.4. The lowest BCUT2D eigenvalue weighted by molar-refractivity contribution is -0.123. The molecule has 3 aromatic rings. The molecule has 0 saturated heterocycles. The standard InChI is InChI=1S/C23H26N4O3S/c1-4-30-18-8-6-5-7-16(18)12-25-26-21(28)15(3)27-13-24-22-20(23(27)29)17-10-9-14(2)11-19(17)31-22/h5-8,12-15H,4,9-11H2,1-3H3,(H,26,28)/b25-12+/t14-,15-/m1/s1. The van der Waals surface area contributed by atoms with Gasteiger partial charge in [0, 0.05) is 10.4 Å². The Labute approximate surface area is 184 Å². The van der Waals surface area contributed by atoms with E-state index in [1.165, 1.54) is 22.0 Å². The number of rotatable bonds is 6. The zero-order valence-electron chi connectivity index (χ0n) is 17.9. The largest absolute Gasteiger partial charge is 0.493 e. The zero-order valence-corrected chi connectivity index (χ0v) is 18.7. The number of hydrogen-bond acceptors (Lipinski definition) is 6. The van der Waals surface area contributed by atoms with Crippen molar-refractivity contribution < 1.29 is 9.53 Å². The first kappa shape index (κ1) is 21.2. The van der Waals surface area contributed by atoms with Crippen LogP contribution in [0.25, 0.3) is 10.2 Å². The van der Waals surface area contributed by atoms with E-state index in [0.717, 1.165) is 35.2 Å². The predicted molar refractivity (Wildman–Crippen MR) is 123 cm³/mol. The first-order valence-corrected chi connectivity index (χ1v) is 11.4. The highest BCUT2D eigenvalue weighted by atomic mass is 32.1. The predicted octanol–water partition coefficient (Wildman–Crippen LogP) is 3.69. The van der Waals surface area contributed by atoms with Crippen molar-refractivity contribution in [2.45, 2.75) is 46.1 Å². The summed E-state index contributed by atoms with van der Waals surface area (Å²) in [6, 6.07) is 6.71. The number of aromatic nitrogens is 2. The molecule has 0 radical (unpaired) electrons. The molecule has 2 aromatic heterocycles. The van der Waals surface area contributed by atoms with Crippen molar-refractivity contribution in [2.24, 2.45) is 11.0 Å². The molecule has 31 heavy (non-hydrogen) atoms. The second-order valence-corrected chi connectivity index (χ2v) is 8.95. The maximum atomic E-state index is 13.2. The molecule has 0 spiro atoms. The fourth-order valence-electron chi connectivity index (χ4n) is 3.88. The van der Waals surface area contributed by atoms with Crippen molar-refractivity contribution >= 4 is 33.7 Å². The smallest absolute Gasteiger partial charge is 0.263 e. The minimum Gasteiger partial charge on any atom is -0.493 e. The normalized spacial score (nSPS) is 16.9. The maximum absolute atomic E-state index is 13.2. The summed E-state index contributed by atoms with van der Waals surface area (Å²) in [5, 5.41) is 4.72. The van der Waals surface area contributed by atoms with Crippen molar-refractivity contribution in [3.63, 3.8) is 0 Å². The number of fused-ring (bicyclic) bond motifs is 3. The van der Waals surface area contributed by atoms with E-state index in [0.29, 0.717) is 23.7 Å². The second kappa shape index (κ2) is 9.01. The van der Waals surface area contributed by atoms with E-state index in [9.17, 15) is 9.59 Å². The number of nitrogens with zero attached hydrogens (tertiary/aromatic N) is 3. The van der Waals surface area contributed by atoms with Gasteiger partial charge in [-0.25, -0.2) is 10.4 Å². The second-order valence-electron chi connectivity index (χ2n) is 7.87. The van der Waals surface area contributed by atoms with Crippen molar-refractivity contribution in [1.82, 2.24) is 15.0 Å². The highest BCUT2D eigenvalue weighted by molar-refractivity contribution is 7.18. The van der Waals surface area contributed by atoms with Crippen LogP contribution in [0.1, 0.15) is 49.2 Å². The SMILES string of the molecule is CCOc1ccccc1/C=N/NC(=O)[C@@H](C)n1cnc2sc3c(c2c1=O)CC[C@@H](C)C3. The van der Waals surface area contributed by atoms with Crippen LogP contribution < -0.4 is 15.7 Å². The van der Waals surface area contributed by atoms with Crippen molar-refractivity contribution in [3.05, 3.63) is 57.0 Å². The van der Waals surface area contributed by atoms with Crippen molar-refractivity contribution in [1.29, 1.82) is 0 Å². The van der Waals surface area contributed by atoms with Crippen LogP contribution >= 0.6 is 11.3 Å². The van der Waals surface area contributed by atoms with E-state index in [2.05, 4.69) is 22.4 Å². The quantitative estimate of drug-likeness (QED) is 0.470. The van der Waals surface area contributed by atoms with Gasteiger partial charge in [0.25, 0.3) is 11.5 Å². The van der Waals surface area contributed by atoms with Gasteiger partial charge in [0.2, 0.25) is 0 Å². The Morgan fingerprint density at radius 3 is 3.06 bits per heavy atom. The summed E-state index contributed by atoms with van der Waals surface area (Å²) in [5.74, 6) is 0.933. The number of carbonyl (C=O) groups is 1. The van der Waals surface area contributed by atoms with Gasteiger partial charge in [-0.1, -0.05) is 19.1 Å². The summed E-state index contributed by atoms with van der Waals surface area (Å²) in [5.41, 5.74) is 4.24. The Morgan fingerprint density at radius 1 is 1.45 bits per heavy atom. The van der Waals surface area contributed by atoms with Crippen LogP contribution in [0, 0.1) is 5.92 Å². The number of ether oxygens (including phenoxy) is 1. The Balaban J connectivity index is 1.54. The molecular formula is C23H26N4O3S. The topological polar surface area (TPSA) is 85.6 Å². The number of benzene rings is 1. The van der Waals surface area contributed by atoms with Gasteiger partial charge >= 0.3 is 0 Å². The zero-order chi connectivity index (χ0) is 22.0. The number of hydrazone groups is 1. The summed E-state index contributed by atoms with van der Waals surface area (Å²) in [6.45, 7) is 6.36. The van der Waals surface area contributed by atoms with Crippen LogP contribution in [-0.2, 0) is 17.6 Å². The van der Waals surface area contributed by atoms with Crippen LogP contribution in [-0.4, -0.2) is 28.3 Å². The molecule has 2 heterocycles. The molecule has 162 valence electrons. The molecule has 8 heteroatoms. The van der Waals surface area contributed by atoms with Gasteiger partial charge in [-0.15, -0.1) is 11.3 Å². The number of amides is 1. The van der Waals surface area contributed by atoms with E-state index < -0.39 is 6.04 Å². The van der Waals surface area contributed by atoms with Gasteiger partial charge in [0.1, 0.15) is 16.6 Å². The lowest BCUT2D eigenvalue weighted by atomic mass is 9.89. The van der Waals surface area contributed by atoms with Crippen LogP contribution in [0.5, 0.6) is 5.75 Å². The Bertz CT molecular complexity index is 1200. The minimum absolute atomic E-state index is 0.162. The Hall–Kier alpha value is -3.00. The van der Waals surface area contributed by atoms with Crippen LogP contribution in [0.3, 0.4) is 0 Å². The monoisotopic (exact) mass is 438 g/mol. The molecule has 1 aliphatic rings. The number of aryl methyl sites for hydroxylation is 1. The maximum Gasteiger partial charge on any atom is 0.263 e. The first-order chi connectivity index (χ1) is 15.0. The molecule has 0 aliphatic heterocycles. The minimum atomic E-state index is -0.734. The lowest BCUT2D eigenvalue weighted by Gasteiger charge is -2.18. The average molecular weight is 439 g/mol. The molecule has 1 amide bonds. The Kier molecular flexibility index (Phi) is 6.18. The fourth-order valence-corrected chi connectivity index (χ4v) is 5.22. The van der Waals surface area contributed by atoms with Crippen molar-refractivity contribution in [3.8, 4) is 5.75 Å². The molecule has 2 atom stereocenters. The van der Waals surface area contributed by atoms with E-state index in [-0.39, 0.29) is 11.5 Å². The number of carbonyl (C=O) groups excluding carboxylic acids is 1. The van der Waals surface area contributed by atoms with Gasteiger partial charge in [-0.3, -0.25) is 14.2 Å². The number of thiophene rings is 1. The molecule has 1 N–H and O–H groups in total. The molecule has 0 bridgehead atoms. The summed E-state index contributed by atoms with van der Waals surface area (Å²) >= 11 is 1.60. The van der Waals surface area contributed by atoms with Gasteiger partial charge < -0.3 is 4.74 Å². The van der Waals surface area contributed by atoms with Crippen LogP contribution in [0.2, 0.25) is 0 Å². The van der Waals surface area contributed by atoms with Crippen LogP contribution in [0.4, 0.5) is 0 Å². The molecule has 7 nitrogen and oxygen atoms in total. The van der Waals surface area contributed by atoms with Gasteiger partial charge in [0.15, 0.2) is 0 Å². The van der Waals surface area contributed by atoms with E-state index >= 15 is 0 Å². The van der Waals surface area contributed by atoms with Gasteiger partial charge in [0.05, 0.1) is 24.5 Å².